The summed E-state index contributed by atoms with van der Waals surface area (Å²) >= 11 is 0. The minimum Gasteiger partial charge on any atom is -0.323 e. The zero-order chi connectivity index (χ0) is 13.1. The molecule has 2 rings (SSSR count). The lowest BCUT2D eigenvalue weighted by Crippen LogP contribution is -2.19. The Morgan fingerprint density at radius 3 is 2.39 bits per heavy atom. The highest BCUT2D eigenvalue weighted by Crippen LogP contribution is 2.30. The van der Waals surface area contributed by atoms with Crippen molar-refractivity contribution in [2.45, 2.75) is 25.8 Å². The van der Waals surface area contributed by atoms with Crippen molar-refractivity contribution in [3.63, 3.8) is 0 Å². The van der Waals surface area contributed by atoms with Crippen LogP contribution in [0.5, 0.6) is 0 Å². The minimum absolute atomic E-state index is 0.159. The highest BCUT2D eigenvalue weighted by atomic mass is 19.1. The third-order valence-electron chi connectivity index (χ3n) is 3.46. The van der Waals surface area contributed by atoms with E-state index < -0.39 is 0 Å². The van der Waals surface area contributed by atoms with Crippen LogP contribution >= 0.6 is 0 Å². The Hall–Kier alpha value is -1.67. The van der Waals surface area contributed by atoms with Crippen LogP contribution in [-0.2, 0) is 0 Å². The van der Waals surface area contributed by atoms with Crippen LogP contribution in [0, 0.1) is 12.7 Å². The summed E-state index contributed by atoms with van der Waals surface area (Å²) in [6.07, 6.45) is 0. The van der Waals surface area contributed by atoms with Crippen LogP contribution in [0.2, 0.25) is 0 Å². The summed E-state index contributed by atoms with van der Waals surface area (Å²) in [5.74, 6) is -0.0713. The van der Waals surface area contributed by atoms with Gasteiger partial charge >= 0.3 is 0 Å². The molecular weight excluding hydrogens is 225 g/mol. The maximum absolute atomic E-state index is 13.3. The fraction of sp³-hybridized carbons (Fsp3) is 0.250. The van der Waals surface area contributed by atoms with E-state index in [1.165, 1.54) is 11.6 Å². The molecule has 1 nitrogen and oxygen atoms in total. The van der Waals surface area contributed by atoms with Gasteiger partial charge in [-0.1, -0.05) is 43.3 Å². The average molecular weight is 243 g/mol. The van der Waals surface area contributed by atoms with E-state index in [-0.39, 0.29) is 17.8 Å². The van der Waals surface area contributed by atoms with Crippen molar-refractivity contribution in [2.24, 2.45) is 5.73 Å². The standard InChI is InChI=1S/C16H18FN/c1-11-8-9-14(17)10-15(11)16(18)12(2)13-6-4-3-5-7-13/h3-10,12,16H,18H2,1-2H3. The van der Waals surface area contributed by atoms with Gasteiger partial charge in [0.2, 0.25) is 0 Å². The Kier molecular flexibility index (Phi) is 3.78. The van der Waals surface area contributed by atoms with Crippen LogP contribution in [0.3, 0.4) is 0 Å². The first kappa shape index (κ1) is 12.8. The van der Waals surface area contributed by atoms with Crippen LogP contribution in [0.4, 0.5) is 4.39 Å². The Labute approximate surface area is 107 Å². The molecule has 2 atom stereocenters. The molecule has 0 radical (unpaired) electrons. The van der Waals surface area contributed by atoms with Crippen molar-refractivity contribution >= 4 is 0 Å². The van der Waals surface area contributed by atoms with Gasteiger partial charge in [-0.25, -0.2) is 4.39 Å². The maximum Gasteiger partial charge on any atom is 0.123 e. The van der Waals surface area contributed by atoms with Crippen LogP contribution in [0.1, 0.15) is 35.6 Å². The Morgan fingerprint density at radius 1 is 1.06 bits per heavy atom. The summed E-state index contributed by atoms with van der Waals surface area (Å²) in [5.41, 5.74) is 9.36. The molecule has 0 saturated carbocycles. The normalized spacial score (nSPS) is 14.2. The molecule has 18 heavy (non-hydrogen) atoms. The average Bonchev–Trinajstić information content (AvgIpc) is 2.41. The topological polar surface area (TPSA) is 26.0 Å². The van der Waals surface area contributed by atoms with Crippen LogP contribution in [-0.4, -0.2) is 0 Å². The van der Waals surface area contributed by atoms with E-state index in [1.54, 1.807) is 12.1 Å². The number of rotatable bonds is 3. The molecule has 0 spiro atoms. The van der Waals surface area contributed by atoms with Crippen molar-refractivity contribution in [3.05, 3.63) is 71.0 Å². The van der Waals surface area contributed by atoms with E-state index >= 15 is 0 Å². The first-order chi connectivity index (χ1) is 8.59. The molecule has 0 heterocycles. The molecule has 0 aromatic heterocycles. The second-order valence-corrected chi connectivity index (χ2v) is 4.73. The maximum atomic E-state index is 13.3. The van der Waals surface area contributed by atoms with Gasteiger partial charge < -0.3 is 5.73 Å². The Bertz CT molecular complexity index is 522. The zero-order valence-electron chi connectivity index (χ0n) is 10.7. The van der Waals surface area contributed by atoms with E-state index in [2.05, 4.69) is 19.1 Å². The van der Waals surface area contributed by atoms with Crippen LogP contribution in [0.15, 0.2) is 48.5 Å². The first-order valence-electron chi connectivity index (χ1n) is 6.16. The van der Waals surface area contributed by atoms with Crippen molar-refractivity contribution in [2.75, 3.05) is 0 Å². The second kappa shape index (κ2) is 5.32. The van der Waals surface area contributed by atoms with Gasteiger partial charge in [0, 0.05) is 12.0 Å². The quantitative estimate of drug-likeness (QED) is 0.868. The van der Waals surface area contributed by atoms with Crippen LogP contribution < -0.4 is 5.73 Å². The van der Waals surface area contributed by atoms with Gasteiger partial charge in [0.25, 0.3) is 0 Å². The SMILES string of the molecule is Cc1ccc(F)cc1C(N)C(C)c1ccccc1. The number of hydrogen-bond acceptors (Lipinski definition) is 1. The van der Waals surface area contributed by atoms with E-state index in [0.717, 1.165) is 11.1 Å². The summed E-state index contributed by atoms with van der Waals surface area (Å²) in [5, 5.41) is 0. The molecule has 0 aliphatic rings. The number of hydrogen-bond donors (Lipinski definition) is 1. The summed E-state index contributed by atoms with van der Waals surface area (Å²) in [4.78, 5) is 0. The molecule has 2 aromatic carbocycles. The molecule has 2 aromatic rings. The predicted molar refractivity (Wildman–Crippen MR) is 72.9 cm³/mol. The largest absolute Gasteiger partial charge is 0.323 e. The summed E-state index contributed by atoms with van der Waals surface area (Å²) in [6.45, 7) is 4.04. The molecule has 0 amide bonds. The zero-order valence-corrected chi connectivity index (χ0v) is 10.7. The van der Waals surface area contributed by atoms with Gasteiger partial charge in [-0.2, -0.15) is 0 Å². The van der Waals surface area contributed by atoms with Gasteiger partial charge in [0.15, 0.2) is 0 Å². The fourth-order valence-corrected chi connectivity index (χ4v) is 2.20. The molecule has 0 aliphatic carbocycles. The van der Waals surface area contributed by atoms with Crippen molar-refractivity contribution in [3.8, 4) is 0 Å². The fourth-order valence-electron chi connectivity index (χ4n) is 2.20. The van der Waals surface area contributed by atoms with Crippen molar-refractivity contribution in [1.82, 2.24) is 0 Å². The second-order valence-electron chi connectivity index (χ2n) is 4.73. The number of halogens is 1. The smallest absolute Gasteiger partial charge is 0.123 e. The summed E-state index contributed by atoms with van der Waals surface area (Å²) < 4.78 is 13.3. The summed E-state index contributed by atoms with van der Waals surface area (Å²) in [7, 11) is 0. The van der Waals surface area contributed by atoms with E-state index in [0.29, 0.717) is 0 Å². The third-order valence-corrected chi connectivity index (χ3v) is 3.46. The Morgan fingerprint density at radius 2 is 1.72 bits per heavy atom. The molecule has 2 heteroatoms. The van der Waals surface area contributed by atoms with E-state index in [1.807, 2.05) is 25.1 Å². The molecule has 2 unspecified atom stereocenters. The van der Waals surface area contributed by atoms with E-state index in [9.17, 15) is 4.39 Å². The number of aryl methyl sites for hydroxylation is 1. The predicted octanol–water partition coefficient (Wildman–Crippen LogP) is 3.94. The molecule has 0 saturated heterocycles. The molecule has 2 N–H and O–H groups in total. The van der Waals surface area contributed by atoms with Crippen LogP contribution in [0.25, 0.3) is 0 Å². The lowest BCUT2D eigenvalue weighted by atomic mass is 9.87. The van der Waals surface area contributed by atoms with Crippen molar-refractivity contribution in [1.29, 1.82) is 0 Å². The molecule has 0 bridgehead atoms. The third kappa shape index (κ3) is 2.59. The van der Waals surface area contributed by atoms with Gasteiger partial charge in [0.05, 0.1) is 0 Å². The number of nitrogens with two attached hydrogens (primary N) is 1. The first-order valence-corrected chi connectivity index (χ1v) is 6.16. The highest BCUT2D eigenvalue weighted by Gasteiger charge is 2.18. The molecule has 0 fully saturated rings. The van der Waals surface area contributed by atoms with Gasteiger partial charge in [0.1, 0.15) is 5.82 Å². The minimum atomic E-state index is -0.230. The monoisotopic (exact) mass is 243 g/mol. The lowest BCUT2D eigenvalue weighted by Gasteiger charge is -2.22. The van der Waals surface area contributed by atoms with Gasteiger partial charge in [-0.15, -0.1) is 0 Å². The van der Waals surface area contributed by atoms with Gasteiger partial charge in [-0.3, -0.25) is 0 Å². The lowest BCUT2D eigenvalue weighted by molar-refractivity contribution is 0.579. The van der Waals surface area contributed by atoms with Crippen molar-refractivity contribution < 1.29 is 4.39 Å². The van der Waals surface area contributed by atoms with Gasteiger partial charge in [-0.05, 0) is 35.7 Å². The molecule has 0 aliphatic heterocycles. The highest BCUT2D eigenvalue weighted by molar-refractivity contribution is 5.33. The molecular formula is C16H18FN. The number of benzene rings is 2. The summed E-state index contributed by atoms with van der Waals surface area (Å²) in [6, 6.07) is 14.7. The Balaban J connectivity index is 2.31. The molecule has 94 valence electrons. The van der Waals surface area contributed by atoms with E-state index in [4.69, 9.17) is 5.73 Å².